The summed E-state index contributed by atoms with van der Waals surface area (Å²) in [6.07, 6.45) is -1.87. The van der Waals surface area contributed by atoms with Crippen molar-refractivity contribution in [1.82, 2.24) is 5.32 Å². The second-order valence-electron chi connectivity index (χ2n) is 3.49. The summed E-state index contributed by atoms with van der Waals surface area (Å²) in [6, 6.07) is 0. The molecule has 0 aliphatic carbocycles. The Morgan fingerprint density at radius 1 is 1.57 bits per heavy atom. The maximum absolute atomic E-state index is 12.6. The first-order valence-corrected chi connectivity index (χ1v) is 4.05. The first kappa shape index (κ1) is 12.8. The van der Waals surface area contributed by atoms with Crippen LogP contribution in [0.25, 0.3) is 0 Å². The molecule has 6 heteroatoms. The fourth-order valence-electron chi connectivity index (χ4n) is 1.16. The van der Waals surface area contributed by atoms with E-state index in [4.69, 9.17) is 5.21 Å². The van der Waals surface area contributed by atoms with Crippen LogP contribution in [0.4, 0.5) is 8.78 Å². The van der Waals surface area contributed by atoms with Gasteiger partial charge in [0, 0.05) is 12.5 Å². The van der Waals surface area contributed by atoms with Crippen molar-refractivity contribution in [2.24, 2.45) is 16.5 Å². The van der Waals surface area contributed by atoms with Gasteiger partial charge in [-0.3, -0.25) is 4.79 Å². The highest BCUT2D eigenvalue weighted by molar-refractivity contribution is 5.84. The lowest BCUT2D eigenvalue weighted by Crippen LogP contribution is -2.42. The van der Waals surface area contributed by atoms with Crippen molar-refractivity contribution < 1.29 is 18.8 Å². The Balaban J connectivity index is 4.90. The summed E-state index contributed by atoms with van der Waals surface area (Å²) in [7, 11) is 1.28. The number of rotatable bonds is 4. The number of amides is 1. The molecule has 0 saturated heterocycles. The lowest BCUT2D eigenvalue weighted by Gasteiger charge is -2.27. The number of alkyl halides is 2. The Kier molecular flexibility index (Phi) is 4.46. The van der Waals surface area contributed by atoms with Crippen LogP contribution in [0, 0.1) is 11.3 Å². The van der Waals surface area contributed by atoms with Gasteiger partial charge in [0.15, 0.2) is 0 Å². The van der Waals surface area contributed by atoms with E-state index in [1.54, 1.807) is 0 Å². The normalized spacial score (nSPS) is 14.7. The predicted molar refractivity (Wildman–Crippen MR) is 47.6 cm³/mol. The lowest BCUT2D eigenvalue weighted by atomic mass is 9.79. The molecule has 1 unspecified atom stereocenters. The molecule has 0 bridgehead atoms. The molecule has 0 aromatic rings. The average molecular weight is 208 g/mol. The second kappa shape index (κ2) is 4.88. The van der Waals surface area contributed by atoms with Gasteiger partial charge in [-0.1, -0.05) is 13.8 Å². The molecule has 0 aromatic heterocycles. The number of nitrogens with zero attached hydrogens (tertiary/aromatic N) is 1. The summed E-state index contributed by atoms with van der Waals surface area (Å²) in [4.78, 5) is 11.1. The molecule has 0 aliphatic rings. The van der Waals surface area contributed by atoms with Gasteiger partial charge in [-0.05, 0) is 0 Å². The Morgan fingerprint density at radius 2 is 2.07 bits per heavy atom. The van der Waals surface area contributed by atoms with Crippen LogP contribution in [-0.2, 0) is 4.79 Å². The van der Waals surface area contributed by atoms with Crippen LogP contribution in [0.5, 0.6) is 0 Å². The van der Waals surface area contributed by atoms with Gasteiger partial charge in [0.05, 0.1) is 6.21 Å². The fraction of sp³-hybridized carbons (Fsp3) is 0.750. The number of carbonyl (C=O) groups excluding carboxylic acids is 1. The SMILES string of the molecule is CNC(=O)C(C(F)F)C(C)(C)/C=N\O. The molecule has 4 nitrogen and oxygen atoms in total. The Hall–Kier alpha value is -1.20. The number of hydrogen-bond acceptors (Lipinski definition) is 3. The minimum Gasteiger partial charge on any atom is -0.411 e. The van der Waals surface area contributed by atoms with E-state index in [1.807, 2.05) is 0 Å². The third-order valence-electron chi connectivity index (χ3n) is 1.97. The smallest absolute Gasteiger partial charge is 0.251 e. The number of hydrogen-bond donors (Lipinski definition) is 2. The van der Waals surface area contributed by atoms with Gasteiger partial charge in [0.1, 0.15) is 5.92 Å². The molecule has 0 fully saturated rings. The van der Waals surface area contributed by atoms with Gasteiger partial charge in [-0.2, -0.15) is 0 Å². The topological polar surface area (TPSA) is 61.7 Å². The third kappa shape index (κ3) is 2.93. The molecule has 0 aromatic carbocycles. The minimum absolute atomic E-state index is 0.773. The van der Waals surface area contributed by atoms with Crippen molar-refractivity contribution >= 4 is 12.1 Å². The summed E-state index contributed by atoms with van der Waals surface area (Å²) in [5, 5.41) is 13.1. The van der Waals surface area contributed by atoms with Crippen LogP contribution < -0.4 is 5.32 Å². The van der Waals surface area contributed by atoms with Gasteiger partial charge >= 0.3 is 0 Å². The molecule has 0 rings (SSSR count). The number of oxime groups is 1. The van der Waals surface area contributed by atoms with E-state index in [0.29, 0.717) is 0 Å². The summed E-state index contributed by atoms with van der Waals surface area (Å²) in [6.45, 7) is 2.80. The largest absolute Gasteiger partial charge is 0.411 e. The van der Waals surface area contributed by atoms with Gasteiger partial charge in [-0.15, -0.1) is 5.16 Å². The van der Waals surface area contributed by atoms with E-state index in [0.717, 1.165) is 6.21 Å². The Bertz CT molecular complexity index is 229. The van der Waals surface area contributed by atoms with Crippen molar-refractivity contribution in [1.29, 1.82) is 0 Å². The highest BCUT2D eigenvalue weighted by Gasteiger charge is 2.40. The molecule has 1 atom stereocenters. The van der Waals surface area contributed by atoms with Gasteiger partial charge < -0.3 is 10.5 Å². The van der Waals surface area contributed by atoms with Gasteiger partial charge in [0.25, 0.3) is 6.43 Å². The van der Waals surface area contributed by atoms with E-state index in [-0.39, 0.29) is 0 Å². The molecule has 0 saturated carbocycles. The van der Waals surface area contributed by atoms with Crippen LogP contribution in [0.1, 0.15) is 13.8 Å². The second-order valence-corrected chi connectivity index (χ2v) is 3.49. The molecule has 0 radical (unpaired) electrons. The first-order valence-electron chi connectivity index (χ1n) is 4.05. The monoisotopic (exact) mass is 208 g/mol. The van der Waals surface area contributed by atoms with E-state index in [9.17, 15) is 13.6 Å². The van der Waals surface area contributed by atoms with Crippen molar-refractivity contribution in [3.05, 3.63) is 0 Å². The van der Waals surface area contributed by atoms with Crippen LogP contribution in [-0.4, -0.2) is 30.8 Å². The summed E-state index contributed by atoms with van der Waals surface area (Å²) < 4.78 is 25.1. The third-order valence-corrected chi connectivity index (χ3v) is 1.97. The highest BCUT2D eigenvalue weighted by Crippen LogP contribution is 2.30. The number of nitrogens with one attached hydrogen (secondary N) is 1. The van der Waals surface area contributed by atoms with Crippen molar-refractivity contribution in [2.45, 2.75) is 20.3 Å². The predicted octanol–water partition coefficient (Wildman–Crippen LogP) is 1.10. The Labute approximate surface area is 81.0 Å². The number of halogens is 2. The molecular weight excluding hydrogens is 194 g/mol. The van der Waals surface area contributed by atoms with E-state index in [1.165, 1.54) is 20.9 Å². The molecule has 0 aliphatic heterocycles. The fourth-order valence-corrected chi connectivity index (χ4v) is 1.16. The van der Waals surface area contributed by atoms with Gasteiger partial charge in [0.2, 0.25) is 5.91 Å². The number of carbonyl (C=O) groups is 1. The van der Waals surface area contributed by atoms with Crippen molar-refractivity contribution in [3.8, 4) is 0 Å². The standard InChI is InChI=1S/C8H14F2N2O2/c1-8(2,4-12-14)5(6(9)10)7(13)11-3/h4-6,14H,1-3H3,(H,11,13)/b12-4-. The summed E-state index contributed by atoms with van der Waals surface area (Å²) >= 11 is 0. The van der Waals surface area contributed by atoms with Crippen LogP contribution in [0.15, 0.2) is 5.16 Å². The quantitative estimate of drug-likeness (QED) is 0.413. The zero-order valence-electron chi connectivity index (χ0n) is 8.29. The average Bonchev–Trinajstić information content (AvgIpc) is 2.02. The zero-order valence-corrected chi connectivity index (χ0v) is 8.29. The summed E-state index contributed by atoms with van der Waals surface area (Å²) in [5.41, 5.74) is -1.19. The summed E-state index contributed by atoms with van der Waals surface area (Å²) in [5.74, 6) is -2.30. The first-order chi connectivity index (χ1) is 6.36. The molecule has 82 valence electrons. The zero-order chi connectivity index (χ0) is 11.4. The van der Waals surface area contributed by atoms with Crippen molar-refractivity contribution in [2.75, 3.05) is 7.05 Å². The molecule has 1 amide bonds. The van der Waals surface area contributed by atoms with E-state index < -0.39 is 23.7 Å². The molecular formula is C8H14F2N2O2. The van der Waals surface area contributed by atoms with E-state index >= 15 is 0 Å². The van der Waals surface area contributed by atoms with E-state index in [2.05, 4.69) is 10.5 Å². The van der Waals surface area contributed by atoms with Crippen LogP contribution in [0.2, 0.25) is 0 Å². The maximum atomic E-state index is 12.6. The highest BCUT2D eigenvalue weighted by atomic mass is 19.3. The molecule has 0 spiro atoms. The van der Waals surface area contributed by atoms with Crippen molar-refractivity contribution in [3.63, 3.8) is 0 Å². The van der Waals surface area contributed by atoms with Gasteiger partial charge in [-0.25, -0.2) is 8.78 Å². The minimum atomic E-state index is -2.80. The molecule has 0 heterocycles. The lowest BCUT2D eigenvalue weighted by molar-refractivity contribution is -0.133. The maximum Gasteiger partial charge on any atom is 0.251 e. The van der Waals surface area contributed by atoms with Crippen LogP contribution in [0.3, 0.4) is 0 Å². The van der Waals surface area contributed by atoms with Crippen LogP contribution >= 0.6 is 0 Å². The Morgan fingerprint density at radius 3 is 2.36 bits per heavy atom. The molecule has 14 heavy (non-hydrogen) atoms. The molecule has 2 N–H and O–H groups in total.